The molecule has 1 aromatic heterocycles. The second-order valence-electron chi connectivity index (χ2n) is 5.71. The SMILES string of the molecule is Cc1cc(C(=O)NCc2ccc(OC[C@@H]3CCCO3)cc2)n[nH]1. The zero-order valence-corrected chi connectivity index (χ0v) is 13.2. The molecule has 122 valence electrons. The zero-order valence-electron chi connectivity index (χ0n) is 13.2. The Balaban J connectivity index is 1.46. The molecule has 1 atom stereocenters. The molecule has 2 aromatic rings. The predicted molar refractivity (Wildman–Crippen MR) is 85.4 cm³/mol. The van der Waals surface area contributed by atoms with Crippen LogP contribution in [0.2, 0.25) is 0 Å². The Labute approximate surface area is 135 Å². The van der Waals surface area contributed by atoms with Crippen molar-refractivity contribution in [3.8, 4) is 5.75 Å². The third-order valence-electron chi connectivity index (χ3n) is 3.77. The van der Waals surface area contributed by atoms with Crippen LogP contribution >= 0.6 is 0 Å². The molecule has 0 spiro atoms. The third kappa shape index (κ3) is 4.32. The number of nitrogens with one attached hydrogen (secondary N) is 2. The van der Waals surface area contributed by atoms with Gasteiger partial charge in [-0.15, -0.1) is 0 Å². The second-order valence-corrected chi connectivity index (χ2v) is 5.71. The van der Waals surface area contributed by atoms with Crippen LogP contribution in [0, 0.1) is 6.92 Å². The summed E-state index contributed by atoms with van der Waals surface area (Å²) in [5.74, 6) is 0.631. The molecule has 2 N–H and O–H groups in total. The van der Waals surface area contributed by atoms with E-state index >= 15 is 0 Å². The third-order valence-corrected chi connectivity index (χ3v) is 3.77. The number of nitrogens with zero attached hydrogens (tertiary/aromatic N) is 1. The number of carbonyl (C=O) groups is 1. The fraction of sp³-hybridized carbons (Fsp3) is 0.412. The number of ether oxygens (including phenoxy) is 2. The predicted octanol–water partition coefficient (Wildman–Crippen LogP) is 2.21. The van der Waals surface area contributed by atoms with Crippen molar-refractivity contribution in [1.82, 2.24) is 15.5 Å². The fourth-order valence-electron chi connectivity index (χ4n) is 2.48. The molecule has 0 unspecified atom stereocenters. The molecular formula is C17H21N3O3. The van der Waals surface area contributed by atoms with Gasteiger partial charge in [0.2, 0.25) is 0 Å². The first-order chi connectivity index (χ1) is 11.2. The van der Waals surface area contributed by atoms with Gasteiger partial charge >= 0.3 is 0 Å². The Hall–Kier alpha value is -2.34. The highest BCUT2D eigenvalue weighted by molar-refractivity contribution is 5.92. The van der Waals surface area contributed by atoms with Crippen LogP contribution < -0.4 is 10.1 Å². The minimum Gasteiger partial charge on any atom is -0.491 e. The standard InChI is InChI=1S/C17H21N3O3/c1-12-9-16(20-19-12)17(21)18-10-13-4-6-14(7-5-13)23-11-15-3-2-8-22-15/h4-7,9,15H,2-3,8,10-11H2,1H3,(H,18,21)(H,19,20)/t15-/m0/s1. The first-order valence-electron chi connectivity index (χ1n) is 7.84. The van der Waals surface area contributed by atoms with Gasteiger partial charge in [0.25, 0.3) is 5.91 Å². The number of aromatic nitrogens is 2. The van der Waals surface area contributed by atoms with Crippen molar-refractivity contribution >= 4 is 5.91 Å². The minimum absolute atomic E-state index is 0.187. The van der Waals surface area contributed by atoms with Gasteiger partial charge in [0.15, 0.2) is 0 Å². The highest BCUT2D eigenvalue weighted by Gasteiger charge is 2.15. The molecule has 0 aliphatic carbocycles. The van der Waals surface area contributed by atoms with E-state index in [1.54, 1.807) is 6.07 Å². The number of aromatic amines is 1. The summed E-state index contributed by atoms with van der Waals surface area (Å²) in [6.07, 6.45) is 2.39. The summed E-state index contributed by atoms with van der Waals surface area (Å²) in [6, 6.07) is 9.43. The fourth-order valence-corrected chi connectivity index (χ4v) is 2.48. The van der Waals surface area contributed by atoms with Crippen molar-refractivity contribution < 1.29 is 14.3 Å². The van der Waals surface area contributed by atoms with Crippen LogP contribution in [0.15, 0.2) is 30.3 Å². The molecule has 1 aliphatic heterocycles. The van der Waals surface area contributed by atoms with E-state index in [0.29, 0.717) is 18.8 Å². The molecule has 6 heteroatoms. The highest BCUT2D eigenvalue weighted by atomic mass is 16.5. The quantitative estimate of drug-likeness (QED) is 0.857. The van der Waals surface area contributed by atoms with E-state index in [1.165, 1.54) is 0 Å². The first kappa shape index (κ1) is 15.6. The molecule has 0 bridgehead atoms. The van der Waals surface area contributed by atoms with Gasteiger partial charge < -0.3 is 14.8 Å². The lowest BCUT2D eigenvalue weighted by molar-refractivity contribution is 0.0679. The van der Waals surface area contributed by atoms with E-state index in [1.807, 2.05) is 31.2 Å². The smallest absolute Gasteiger partial charge is 0.272 e. The van der Waals surface area contributed by atoms with Crippen molar-refractivity contribution in [2.75, 3.05) is 13.2 Å². The topological polar surface area (TPSA) is 76.2 Å². The van der Waals surface area contributed by atoms with E-state index in [2.05, 4.69) is 15.5 Å². The number of hydrogen-bond donors (Lipinski definition) is 2. The number of H-pyrrole nitrogens is 1. The number of rotatable bonds is 6. The normalized spacial score (nSPS) is 17.2. The van der Waals surface area contributed by atoms with Crippen LogP contribution in [0.25, 0.3) is 0 Å². The molecule has 0 radical (unpaired) electrons. The maximum atomic E-state index is 11.9. The van der Waals surface area contributed by atoms with E-state index < -0.39 is 0 Å². The molecule has 1 fully saturated rings. The Morgan fingerprint density at radius 3 is 2.91 bits per heavy atom. The average Bonchev–Trinajstić information content (AvgIpc) is 3.23. The Bertz CT molecular complexity index is 645. The monoisotopic (exact) mass is 315 g/mol. The summed E-state index contributed by atoms with van der Waals surface area (Å²) >= 11 is 0. The molecule has 1 amide bonds. The molecule has 6 nitrogen and oxygen atoms in total. The van der Waals surface area contributed by atoms with Crippen molar-refractivity contribution in [2.45, 2.75) is 32.4 Å². The molecule has 0 saturated carbocycles. The Morgan fingerprint density at radius 1 is 1.43 bits per heavy atom. The molecule has 23 heavy (non-hydrogen) atoms. The average molecular weight is 315 g/mol. The van der Waals surface area contributed by atoms with Gasteiger partial charge in [0.05, 0.1) is 6.10 Å². The van der Waals surface area contributed by atoms with Crippen molar-refractivity contribution in [3.05, 3.63) is 47.3 Å². The van der Waals surface area contributed by atoms with Crippen molar-refractivity contribution in [2.24, 2.45) is 0 Å². The summed E-state index contributed by atoms with van der Waals surface area (Å²) < 4.78 is 11.2. The lowest BCUT2D eigenvalue weighted by Gasteiger charge is -2.11. The summed E-state index contributed by atoms with van der Waals surface area (Å²) in [7, 11) is 0. The Morgan fingerprint density at radius 2 is 2.26 bits per heavy atom. The van der Waals surface area contributed by atoms with Gasteiger partial charge in [-0.2, -0.15) is 5.10 Å². The van der Waals surface area contributed by atoms with E-state index in [0.717, 1.165) is 36.5 Å². The number of amides is 1. The van der Waals surface area contributed by atoms with Crippen LogP contribution in [0.3, 0.4) is 0 Å². The number of hydrogen-bond acceptors (Lipinski definition) is 4. The number of aryl methyl sites for hydroxylation is 1. The summed E-state index contributed by atoms with van der Waals surface area (Å²) in [5.41, 5.74) is 2.27. The van der Waals surface area contributed by atoms with Gasteiger partial charge in [0.1, 0.15) is 18.1 Å². The van der Waals surface area contributed by atoms with Gasteiger partial charge in [-0.1, -0.05) is 12.1 Å². The van der Waals surface area contributed by atoms with Gasteiger partial charge in [-0.3, -0.25) is 9.89 Å². The molecule has 1 aromatic carbocycles. The number of benzene rings is 1. The van der Waals surface area contributed by atoms with Gasteiger partial charge in [-0.25, -0.2) is 0 Å². The van der Waals surface area contributed by atoms with Crippen LogP contribution in [0.4, 0.5) is 0 Å². The molecule has 1 aliphatic rings. The zero-order chi connectivity index (χ0) is 16.1. The summed E-state index contributed by atoms with van der Waals surface area (Å²) in [5, 5.41) is 9.53. The maximum Gasteiger partial charge on any atom is 0.272 e. The van der Waals surface area contributed by atoms with Gasteiger partial charge in [-0.05, 0) is 43.5 Å². The van der Waals surface area contributed by atoms with Crippen LogP contribution in [0.1, 0.15) is 34.6 Å². The largest absolute Gasteiger partial charge is 0.491 e. The molecule has 2 heterocycles. The van der Waals surface area contributed by atoms with E-state index in [4.69, 9.17) is 9.47 Å². The number of carbonyl (C=O) groups excluding carboxylic acids is 1. The summed E-state index contributed by atoms with van der Waals surface area (Å²) in [4.78, 5) is 11.9. The second kappa shape index (κ2) is 7.28. The molecule has 1 saturated heterocycles. The minimum atomic E-state index is -0.187. The van der Waals surface area contributed by atoms with Crippen LogP contribution in [0.5, 0.6) is 5.75 Å². The van der Waals surface area contributed by atoms with E-state index in [-0.39, 0.29) is 12.0 Å². The Kier molecular flexibility index (Phi) is 4.92. The van der Waals surface area contributed by atoms with Gasteiger partial charge in [0, 0.05) is 18.8 Å². The van der Waals surface area contributed by atoms with Crippen molar-refractivity contribution in [1.29, 1.82) is 0 Å². The van der Waals surface area contributed by atoms with Crippen LogP contribution in [-0.2, 0) is 11.3 Å². The van der Waals surface area contributed by atoms with Crippen LogP contribution in [-0.4, -0.2) is 35.4 Å². The summed E-state index contributed by atoms with van der Waals surface area (Å²) in [6.45, 7) is 3.74. The lowest BCUT2D eigenvalue weighted by Crippen LogP contribution is -2.23. The lowest BCUT2D eigenvalue weighted by atomic mass is 10.2. The van der Waals surface area contributed by atoms with Crippen molar-refractivity contribution in [3.63, 3.8) is 0 Å². The molecular weight excluding hydrogens is 294 g/mol. The first-order valence-corrected chi connectivity index (χ1v) is 7.84. The highest BCUT2D eigenvalue weighted by Crippen LogP contribution is 2.16. The van der Waals surface area contributed by atoms with E-state index in [9.17, 15) is 4.79 Å². The maximum absolute atomic E-state index is 11.9. The molecule has 3 rings (SSSR count).